The first-order valence-electron chi connectivity index (χ1n) is 4.71. The van der Waals surface area contributed by atoms with E-state index in [2.05, 4.69) is 10.2 Å². The zero-order valence-corrected chi connectivity index (χ0v) is 8.73. The van der Waals surface area contributed by atoms with Crippen LogP contribution in [0, 0.1) is 0 Å². The third-order valence-corrected chi connectivity index (χ3v) is 2.04. The molecule has 0 aromatic carbocycles. The molecule has 1 rings (SSSR count). The Bertz CT molecular complexity index is 309. The lowest BCUT2D eigenvalue weighted by molar-refractivity contribution is -0.145. The van der Waals surface area contributed by atoms with E-state index in [9.17, 15) is 4.79 Å². The molecule has 0 bridgehead atoms. The van der Waals surface area contributed by atoms with Gasteiger partial charge in [-0.3, -0.25) is 4.79 Å². The molecule has 1 heterocycles. The molecule has 5 heteroatoms. The molecule has 14 heavy (non-hydrogen) atoms. The Labute approximate surface area is 83.1 Å². The van der Waals surface area contributed by atoms with Crippen molar-refractivity contribution in [1.29, 1.82) is 0 Å². The van der Waals surface area contributed by atoms with Crippen molar-refractivity contribution < 1.29 is 9.53 Å². The van der Waals surface area contributed by atoms with E-state index in [0.29, 0.717) is 18.9 Å². The fourth-order valence-electron chi connectivity index (χ4n) is 1.31. The van der Waals surface area contributed by atoms with Gasteiger partial charge in [0.1, 0.15) is 18.1 Å². The number of ether oxygens (including phenoxy) is 1. The highest BCUT2D eigenvalue weighted by Gasteiger charge is 2.24. The quantitative estimate of drug-likeness (QED) is 0.672. The largest absolute Gasteiger partial charge is 0.465 e. The maximum atomic E-state index is 11.5. The zero-order valence-electron chi connectivity index (χ0n) is 8.73. The number of rotatable bonds is 4. The number of hydrogen-bond acceptors (Lipinski definition) is 4. The van der Waals surface area contributed by atoms with E-state index in [1.807, 2.05) is 14.0 Å². The Morgan fingerprint density at radius 2 is 2.36 bits per heavy atom. The summed E-state index contributed by atoms with van der Waals surface area (Å²) >= 11 is 0. The van der Waals surface area contributed by atoms with E-state index in [4.69, 9.17) is 4.74 Å². The van der Waals surface area contributed by atoms with Gasteiger partial charge < -0.3 is 9.30 Å². The Morgan fingerprint density at radius 3 is 2.79 bits per heavy atom. The molecule has 0 spiro atoms. The van der Waals surface area contributed by atoms with Crippen LogP contribution in [0.15, 0.2) is 6.33 Å². The van der Waals surface area contributed by atoms with Gasteiger partial charge in [-0.2, -0.15) is 0 Å². The van der Waals surface area contributed by atoms with Crippen LogP contribution >= 0.6 is 0 Å². The Balaban J connectivity index is 2.82. The molecule has 0 aliphatic heterocycles. The number of esters is 1. The molecule has 78 valence electrons. The Morgan fingerprint density at radius 1 is 1.64 bits per heavy atom. The topological polar surface area (TPSA) is 57.0 Å². The summed E-state index contributed by atoms with van der Waals surface area (Å²) in [7, 11) is 1.82. The predicted molar refractivity (Wildman–Crippen MR) is 50.7 cm³/mol. The summed E-state index contributed by atoms with van der Waals surface area (Å²) in [4.78, 5) is 11.5. The summed E-state index contributed by atoms with van der Waals surface area (Å²) < 4.78 is 6.69. The molecule has 5 nitrogen and oxygen atoms in total. The second-order valence-electron chi connectivity index (χ2n) is 3.01. The third kappa shape index (κ3) is 2.10. The van der Waals surface area contributed by atoms with Crippen molar-refractivity contribution in [2.75, 3.05) is 6.61 Å². The van der Waals surface area contributed by atoms with Gasteiger partial charge in [0.25, 0.3) is 0 Å². The molecule has 0 saturated carbocycles. The molecular weight excluding hydrogens is 182 g/mol. The van der Waals surface area contributed by atoms with E-state index in [1.165, 1.54) is 0 Å². The van der Waals surface area contributed by atoms with Gasteiger partial charge in [0.05, 0.1) is 6.61 Å². The van der Waals surface area contributed by atoms with Gasteiger partial charge in [-0.15, -0.1) is 10.2 Å². The Hall–Kier alpha value is -1.39. The minimum absolute atomic E-state index is 0.230. The standard InChI is InChI=1S/C9H15N3O2/c1-4-7(9(13)14-5-2)8-11-10-6-12(8)3/h6-7H,4-5H2,1-3H3. The van der Waals surface area contributed by atoms with Gasteiger partial charge >= 0.3 is 5.97 Å². The summed E-state index contributed by atoms with van der Waals surface area (Å²) in [5, 5.41) is 7.64. The first kappa shape index (κ1) is 10.7. The normalized spacial score (nSPS) is 12.5. The zero-order chi connectivity index (χ0) is 10.6. The first-order chi connectivity index (χ1) is 6.70. The van der Waals surface area contributed by atoms with Crippen LogP contribution in [-0.4, -0.2) is 27.3 Å². The molecule has 0 aliphatic carbocycles. The van der Waals surface area contributed by atoms with Gasteiger partial charge in [0.15, 0.2) is 0 Å². The smallest absolute Gasteiger partial charge is 0.316 e. The highest BCUT2D eigenvalue weighted by molar-refractivity contribution is 5.76. The number of hydrogen-bond donors (Lipinski definition) is 0. The third-order valence-electron chi connectivity index (χ3n) is 2.04. The van der Waals surface area contributed by atoms with Crippen LogP contribution in [0.4, 0.5) is 0 Å². The lowest BCUT2D eigenvalue weighted by atomic mass is 10.1. The maximum Gasteiger partial charge on any atom is 0.316 e. The lowest BCUT2D eigenvalue weighted by Gasteiger charge is -2.11. The minimum atomic E-state index is -0.303. The number of carbonyl (C=O) groups is 1. The van der Waals surface area contributed by atoms with E-state index < -0.39 is 0 Å². The monoisotopic (exact) mass is 197 g/mol. The van der Waals surface area contributed by atoms with E-state index in [1.54, 1.807) is 17.8 Å². The molecular formula is C9H15N3O2. The fourth-order valence-corrected chi connectivity index (χ4v) is 1.31. The van der Waals surface area contributed by atoms with Crippen LogP contribution in [0.1, 0.15) is 32.0 Å². The van der Waals surface area contributed by atoms with Crippen LogP contribution in [0.2, 0.25) is 0 Å². The molecule has 0 aliphatic rings. The van der Waals surface area contributed by atoms with Crippen LogP contribution in [0.5, 0.6) is 0 Å². The van der Waals surface area contributed by atoms with Gasteiger partial charge in [-0.25, -0.2) is 0 Å². The van der Waals surface area contributed by atoms with Crippen molar-refractivity contribution in [3.05, 3.63) is 12.2 Å². The average molecular weight is 197 g/mol. The molecule has 1 unspecified atom stereocenters. The van der Waals surface area contributed by atoms with Crippen molar-refractivity contribution in [2.45, 2.75) is 26.2 Å². The number of aryl methyl sites for hydroxylation is 1. The second kappa shape index (κ2) is 4.74. The van der Waals surface area contributed by atoms with Crippen molar-refractivity contribution in [3.63, 3.8) is 0 Å². The van der Waals surface area contributed by atoms with Gasteiger partial charge in [-0.05, 0) is 13.3 Å². The van der Waals surface area contributed by atoms with Crippen LogP contribution in [0.25, 0.3) is 0 Å². The molecule has 0 amide bonds. The van der Waals surface area contributed by atoms with Crippen molar-refractivity contribution in [3.8, 4) is 0 Å². The highest BCUT2D eigenvalue weighted by atomic mass is 16.5. The lowest BCUT2D eigenvalue weighted by Crippen LogP contribution is -2.18. The Kier molecular flexibility index (Phi) is 3.62. The minimum Gasteiger partial charge on any atom is -0.465 e. The van der Waals surface area contributed by atoms with E-state index in [-0.39, 0.29) is 11.9 Å². The number of nitrogens with zero attached hydrogens (tertiary/aromatic N) is 3. The molecule has 0 saturated heterocycles. The summed E-state index contributed by atoms with van der Waals surface area (Å²) in [6, 6.07) is 0. The number of carbonyl (C=O) groups excluding carboxylic acids is 1. The van der Waals surface area contributed by atoms with E-state index in [0.717, 1.165) is 0 Å². The van der Waals surface area contributed by atoms with Gasteiger partial charge in [0.2, 0.25) is 0 Å². The molecule has 1 atom stereocenters. The second-order valence-corrected chi connectivity index (χ2v) is 3.01. The van der Waals surface area contributed by atoms with Crippen LogP contribution < -0.4 is 0 Å². The highest BCUT2D eigenvalue weighted by Crippen LogP contribution is 2.17. The first-order valence-corrected chi connectivity index (χ1v) is 4.71. The number of aromatic nitrogens is 3. The summed E-state index contributed by atoms with van der Waals surface area (Å²) in [5.74, 6) is 0.125. The van der Waals surface area contributed by atoms with Crippen molar-refractivity contribution in [1.82, 2.24) is 14.8 Å². The van der Waals surface area contributed by atoms with Crippen molar-refractivity contribution >= 4 is 5.97 Å². The van der Waals surface area contributed by atoms with Gasteiger partial charge in [0, 0.05) is 7.05 Å². The van der Waals surface area contributed by atoms with Crippen molar-refractivity contribution in [2.24, 2.45) is 7.05 Å². The summed E-state index contributed by atoms with van der Waals surface area (Å²) in [6.45, 7) is 4.12. The van der Waals surface area contributed by atoms with E-state index >= 15 is 0 Å². The molecule has 0 N–H and O–H groups in total. The molecule has 0 radical (unpaired) electrons. The average Bonchev–Trinajstić information content (AvgIpc) is 2.54. The van der Waals surface area contributed by atoms with Crippen LogP contribution in [0.3, 0.4) is 0 Å². The maximum absolute atomic E-state index is 11.5. The van der Waals surface area contributed by atoms with Gasteiger partial charge in [-0.1, -0.05) is 6.92 Å². The molecule has 1 aromatic heterocycles. The molecule has 1 aromatic rings. The summed E-state index contributed by atoms with van der Waals surface area (Å²) in [5.41, 5.74) is 0. The fraction of sp³-hybridized carbons (Fsp3) is 0.667. The predicted octanol–water partition coefficient (Wildman–Crippen LogP) is 0.872. The SMILES string of the molecule is CCOC(=O)C(CC)c1nncn1C. The van der Waals surface area contributed by atoms with Crippen LogP contribution in [-0.2, 0) is 16.6 Å². The molecule has 0 fully saturated rings. The summed E-state index contributed by atoms with van der Waals surface area (Å²) in [6.07, 6.45) is 2.25.